The maximum Gasteiger partial charge on any atom is 0.147 e. The lowest BCUT2D eigenvalue weighted by molar-refractivity contribution is 0.0738. The van der Waals surface area contributed by atoms with E-state index in [0.717, 1.165) is 8.95 Å². The molecule has 0 aliphatic carbocycles. The lowest BCUT2D eigenvalue weighted by atomic mass is 10.1. The molecule has 2 heterocycles. The van der Waals surface area contributed by atoms with Gasteiger partial charge in [-0.15, -0.1) is 0 Å². The van der Waals surface area contributed by atoms with Crippen molar-refractivity contribution in [2.24, 2.45) is 0 Å². The molecule has 4 aromatic carbocycles. The van der Waals surface area contributed by atoms with Gasteiger partial charge in [-0.05, 0) is 88.4 Å². The Morgan fingerprint density at radius 3 is 1.45 bits per heavy atom. The Balaban J connectivity index is 0.000000271. The highest BCUT2D eigenvalue weighted by Gasteiger charge is 2.31. The fraction of sp³-hybridized carbons (Fsp3) is 0.205. The fourth-order valence-electron chi connectivity index (χ4n) is 4.97. The molecule has 7 nitrogen and oxygen atoms in total. The minimum absolute atomic E-state index is 0. The summed E-state index contributed by atoms with van der Waals surface area (Å²) >= 11 is 51.8. The third-order valence-electron chi connectivity index (χ3n) is 7.42. The molecule has 0 spiro atoms. The molecule has 0 atom stereocenters. The Bertz CT molecular complexity index is 2320. The van der Waals surface area contributed by atoms with Gasteiger partial charge in [0.15, 0.2) is 0 Å². The van der Waals surface area contributed by atoms with E-state index in [1.165, 1.54) is 6.92 Å². The number of imidazole rings is 2. The molecule has 16 heteroatoms. The lowest BCUT2D eigenvalue weighted by Crippen LogP contribution is -2.16. The average molecular weight is 1010 g/mol. The van der Waals surface area contributed by atoms with Crippen LogP contribution in [0.1, 0.15) is 53.4 Å². The van der Waals surface area contributed by atoms with E-state index in [-0.39, 0.29) is 12.6 Å². The van der Waals surface area contributed by atoms with Gasteiger partial charge in [-0.1, -0.05) is 133 Å². The minimum Gasteiger partial charge on any atom is -0.384 e. The molecule has 0 saturated carbocycles. The van der Waals surface area contributed by atoms with E-state index in [4.69, 9.17) is 86.5 Å². The van der Waals surface area contributed by atoms with Crippen LogP contribution in [-0.2, 0) is 11.2 Å². The summed E-state index contributed by atoms with van der Waals surface area (Å²) in [7, 11) is 0. The molecular weight excluding hydrogens is 978 g/mol. The van der Waals surface area contributed by atoms with Gasteiger partial charge in [0.2, 0.25) is 0 Å². The minimum atomic E-state index is -1.27. The SMILES string of the molecule is C.CC#N.CC(C)(O)c1cn(-c2c(Cl)cccc2Cl)c(-c2ccc(Br)cc2Cl)n1.CC(C)(O)c1nc(-c2ccc(Br)cc2Cl)n(-c2c(Cl)cccc2Cl)c1Cl. The number of nitrogens with zero attached hydrogens (tertiary/aromatic N) is 5. The first-order valence-corrected chi connectivity index (χ1v) is 19.9. The van der Waals surface area contributed by atoms with Gasteiger partial charge in [0, 0.05) is 33.2 Å². The zero-order valence-corrected chi connectivity index (χ0v) is 37.5. The Labute approximate surface area is 372 Å². The zero-order chi connectivity index (χ0) is 40.3. The second-order valence-electron chi connectivity index (χ2n) is 12.5. The summed E-state index contributed by atoms with van der Waals surface area (Å²) in [6.45, 7) is 7.97. The second kappa shape index (κ2) is 19.4. The largest absolute Gasteiger partial charge is 0.384 e. The molecule has 6 rings (SSSR count). The van der Waals surface area contributed by atoms with Gasteiger partial charge in [-0.25, -0.2) is 9.97 Å². The molecule has 6 aromatic rings. The molecule has 2 N–H and O–H groups in total. The summed E-state index contributed by atoms with van der Waals surface area (Å²) in [5.41, 5.74) is 0.768. The molecule has 0 fully saturated rings. The number of hydrogen-bond donors (Lipinski definition) is 2. The fourth-order valence-corrected chi connectivity index (χ4v) is 8.07. The van der Waals surface area contributed by atoms with Gasteiger partial charge in [-0.2, -0.15) is 5.26 Å². The summed E-state index contributed by atoms with van der Waals surface area (Å²) < 4.78 is 5.05. The summed E-state index contributed by atoms with van der Waals surface area (Å²) in [5.74, 6) is 0.976. The highest BCUT2D eigenvalue weighted by Crippen LogP contribution is 2.42. The van der Waals surface area contributed by atoms with Crippen LogP contribution in [0, 0.1) is 11.3 Å². The van der Waals surface area contributed by atoms with Crippen molar-refractivity contribution in [3.8, 4) is 40.2 Å². The van der Waals surface area contributed by atoms with Crippen LogP contribution in [0.2, 0.25) is 35.3 Å². The number of benzene rings is 4. The van der Waals surface area contributed by atoms with Crippen molar-refractivity contribution in [2.45, 2.75) is 53.2 Å². The van der Waals surface area contributed by atoms with E-state index >= 15 is 0 Å². The molecule has 0 amide bonds. The lowest BCUT2D eigenvalue weighted by Gasteiger charge is -2.16. The maximum atomic E-state index is 10.5. The van der Waals surface area contributed by atoms with Gasteiger partial charge in [0.25, 0.3) is 0 Å². The van der Waals surface area contributed by atoms with Gasteiger partial charge in [-0.3, -0.25) is 9.13 Å². The molecule has 0 saturated heterocycles. The summed E-state index contributed by atoms with van der Waals surface area (Å²) in [6.07, 6.45) is 1.72. The first-order valence-electron chi connectivity index (χ1n) is 15.6. The van der Waals surface area contributed by atoms with Crippen molar-refractivity contribution in [3.63, 3.8) is 0 Å². The first-order chi connectivity index (χ1) is 25.2. The van der Waals surface area contributed by atoms with E-state index in [9.17, 15) is 10.2 Å². The number of hydrogen-bond acceptors (Lipinski definition) is 5. The number of para-hydroxylation sites is 2. The van der Waals surface area contributed by atoms with Crippen molar-refractivity contribution in [1.29, 1.82) is 5.26 Å². The molecule has 0 aliphatic rings. The van der Waals surface area contributed by atoms with Crippen LogP contribution in [0.5, 0.6) is 0 Å². The smallest absolute Gasteiger partial charge is 0.147 e. The summed E-state index contributed by atoms with van der Waals surface area (Å²) in [5, 5.41) is 31.1. The molecular formula is C39H34Br2Cl7N5O2. The van der Waals surface area contributed by atoms with Gasteiger partial charge in [0.05, 0.1) is 53.3 Å². The molecule has 0 bridgehead atoms. The van der Waals surface area contributed by atoms with Crippen LogP contribution < -0.4 is 0 Å². The van der Waals surface area contributed by atoms with Crippen molar-refractivity contribution >= 4 is 113 Å². The molecule has 0 aliphatic heterocycles. The quantitative estimate of drug-likeness (QED) is 0.173. The van der Waals surface area contributed by atoms with Crippen molar-refractivity contribution in [2.75, 3.05) is 0 Å². The van der Waals surface area contributed by atoms with E-state index in [1.807, 2.05) is 18.2 Å². The van der Waals surface area contributed by atoms with Crippen LogP contribution in [0.25, 0.3) is 34.2 Å². The molecule has 2 aromatic heterocycles. The Kier molecular flexibility index (Phi) is 16.6. The molecule has 290 valence electrons. The van der Waals surface area contributed by atoms with Crippen LogP contribution in [0.15, 0.2) is 87.9 Å². The topological polar surface area (TPSA) is 99.9 Å². The van der Waals surface area contributed by atoms with E-state index in [1.54, 1.807) is 104 Å². The van der Waals surface area contributed by atoms with Crippen LogP contribution in [-0.4, -0.2) is 29.3 Å². The number of rotatable bonds is 6. The number of nitriles is 1. The van der Waals surface area contributed by atoms with Crippen molar-refractivity contribution < 1.29 is 10.2 Å². The normalized spacial score (nSPS) is 11.1. The summed E-state index contributed by atoms with van der Waals surface area (Å²) in [6, 6.07) is 23.1. The van der Waals surface area contributed by atoms with E-state index in [2.05, 4.69) is 41.8 Å². The predicted molar refractivity (Wildman–Crippen MR) is 237 cm³/mol. The van der Waals surface area contributed by atoms with Gasteiger partial charge in [0.1, 0.15) is 33.7 Å². The van der Waals surface area contributed by atoms with Gasteiger partial charge < -0.3 is 10.2 Å². The van der Waals surface area contributed by atoms with Gasteiger partial charge >= 0.3 is 0 Å². The highest BCUT2D eigenvalue weighted by atomic mass is 79.9. The predicted octanol–water partition coefficient (Wildman–Crippen LogP) is 14.8. The van der Waals surface area contributed by atoms with E-state index in [0.29, 0.717) is 75.7 Å². The van der Waals surface area contributed by atoms with Crippen LogP contribution in [0.3, 0.4) is 0 Å². The number of aliphatic hydroxyl groups is 2. The van der Waals surface area contributed by atoms with Crippen molar-refractivity contribution in [3.05, 3.63) is 135 Å². The van der Waals surface area contributed by atoms with Crippen LogP contribution >= 0.6 is 113 Å². The third kappa shape index (κ3) is 11.0. The molecule has 0 unspecified atom stereocenters. The Morgan fingerprint density at radius 1 is 0.636 bits per heavy atom. The number of aromatic nitrogens is 4. The second-order valence-corrected chi connectivity index (χ2v) is 17.1. The maximum absolute atomic E-state index is 10.5. The molecule has 55 heavy (non-hydrogen) atoms. The zero-order valence-electron chi connectivity index (χ0n) is 29.0. The Morgan fingerprint density at radius 2 is 1.05 bits per heavy atom. The first kappa shape index (κ1) is 47.1. The third-order valence-corrected chi connectivity index (χ3v) is 10.6. The van der Waals surface area contributed by atoms with E-state index < -0.39 is 11.2 Å². The van der Waals surface area contributed by atoms with Crippen LogP contribution in [0.4, 0.5) is 0 Å². The standard InChI is InChI=1S/C18H13BrCl4N2O.C18H14BrCl3N2O.C2H3N.CH4/c1-18(2,26)15-16(23)25(14-11(20)4-3-5-12(14)21)17(24-15)10-7-6-9(19)8-13(10)22;1-18(2,25)15-9-24(16-12(20)4-3-5-13(16)21)17(23-15)11-7-6-10(19)8-14(11)22;1-2-3;/h3-8,26H,1-2H3;3-9,25H,1-2H3;1H3;1H4. The molecule has 0 radical (unpaired) electrons. The average Bonchev–Trinajstić information content (AvgIpc) is 3.64. The summed E-state index contributed by atoms with van der Waals surface area (Å²) in [4.78, 5) is 9.16. The number of halogens is 9. The Hall–Kier alpha value is -2.30. The highest BCUT2D eigenvalue weighted by molar-refractivity contribution is 9.10. The van der Waals surface area contributed by atoms with Crippen molar-refractivity contribution in [1.82, 2.24) is 19.1 Å². The monoisotopic (exact) mass is 1010 g/mol.